The normalized spacial score (nSPS) is 9.92. The minimum Gasteiger partial charge on any atom is -0.354 e. The van der Waals surface area contributed by atoms with Gasteiger partial charge in [0.05, 0.1) is 4.88 Å². The van der Waals surface area contributed by atoms with E-state index in [2.05, 4.69) is 11.6 Å². The summed E-state index contributed by atoms with van der Waals surface area (Å²) >= 11 is 1.61. The fourth-order valence-corrected chi connectivity index (χ4v) is 1.55. The van der Waals surface area contributed by atoms with Gasteiger partial charge in [0.2, 0.25) is 0 Å². The predicted molar refractivity (Wildman–Crippen MR) is 54.5 cm³/mol. The average Bonchev–Trinajstić information content (AvgIpc) is 2.51. The molecule has 2 N–H and O–H groups in total. The number of hydrogen-bond donors (Lipinski definition) is 1. The molecule has 0 fully saturated rings. The van der Waals surface area contributed by atoms with Crippen molar-refractivity contribution in [2.45, 2.75) is 0 Å². The van der Waals surface area contributed by atoms with Crippen LogP contribution in [0.2, 0.25) is 0 Å². The first-order chi connectivity index (χ1) is 5.65. The molecular formula is C8H13N3S. The zero-order valence-corrected chi connectivity index (χ0v) is 8.19. The third-order valence-electron chi connectivity index (χ3n) is 1.47. The third kappa shape index (κ3) is 1.84. The molecule has 0 aliphatic rings. The van der Waals surface area contributed by atoms with Gasteiger partial charge in [0.25, 0.3) is 0 Å². The van der Waals surface area contributed by atoms with E-state index in [4.69, 9.17) is 5.73 Å². The summed E-state index contributed by atoms with van der Waals surface area (Å²) in [5, 5.41) is 0.986. The average molecular weight is 183 g/mol. The van der Waals surface area contributed by atoms with Gasteiger partial charge in [-0.15, -0.1) is 0 Å². The fourth-order valence-electron chi connectivity index (χ4n) is 0.736. The second-order valence-electron chi connectivity index (χ2n) is 2.71. The monoisotopic (exact) mass is 183 g/mol. The van der Waals surface area contributed by atoms with Crippen LogP contribution in [-0.2, 0) is 0 Å². The lowest BCUT2D eigenvalue weighted by Gasteiger charge is -2.05. The Morgan fingerprint density at radius 1 is 1.75 bits per heavy atom. The summed E-state index contributed by atoms with van der Waals surface area (Å²) in [4.78, 5) is 7.25. The number of anilines is 1. The Hall–Kier alpha value is -0.870. The van der Waals surface area contributed by atoms with Gasteiger partial charge in [-0.25, -0.2) is 4.98 Å². The Balaban J connectivity index is 2.84. The number of nitrogens with two attached hydrogens (primary N) is 1. The Morgan fingerprint density at radius 3 is 2.83 bits per heavy atom. The summed E-state index contributed by atoms with van der Waals surface area (Å²) in [6.45, 7) is 4.34. The van der Waals surface area contributed by atoms with Crippen molar-refractivity contribution in [1.82, 2.24) is 4.98 Å². The zero-order valence-electron chi connectivity index (χ0n) is 7.37. The largest absolute Gasteiger partial charge is 0.354 e. The standard InChI is InChI=1S/C8H13N3S/c1-6(4-9)7-5-10-8(12-7)11(2)3/h5H,1,4,9H2,2-3H3. The molecule has 3 nitrogen and oxygen atoms in total. The lowest BCUT2D eigenvalue weighted by molar-refractivity contribution is 1.10. The van der Waals surface area contributed by atoms with Crippen LogP contribution < -0.4 is 10.6 Å². The van der Waals surface area contributed by atoms with Crippen molar-refractivity contribution in [2.75, 3.05) is 25.5 Å². The number of aromatic nitrogens is 1. The molecule has 0 aromatic carbocycles. The van der Waals surface area contributed by atoms with Crippen molar-refractivity contribution in [3.63, 3.8) is 0 Å². The van der Waals surface area contributed by atoms with Crippen molar-refractivity contribution >= 4 is 22.0 Å². The van der Waals surface area contributed by atoms with Gasteiger partial charge >= 0.3 is 0 Å². The molecule has 1 aromatic heterocycles. The van der Waals surface area contributed by atoms with Crippen LogP contribution in [-0.4, -0.2) is 25.6 Å². The highest BCUT2D eigenvalue weighted by atomic mass is 32.1. The van der Waals surface area contributed by atoms with Gasteiger partial charge in [-0.05, 0) is 5.57 Å². The van der Waals surface area contributed by atoms with Crippen molar-refractivity contribution in [3.8, 4) is 0 Å². The molecule has 66 valence electrons. The molecule has 0 atom stereocenters. The maximum atomic E-state index is 5.46. The SMILES string of the molecule is C=C(CN)c1cnc(N(C)C)s1. The number of rotatable bonds is 3. The molecule has 0 aliphatic heterocycles. The van der Waals surface area contributed by atoms with Crippen molar-refractivity contribution in [2.24, 2.45) is 5.73 Å². The van der Waals surface area contributed by atoms with Crippen LogP contribution >= 0.6 is 11.3 Å². The number of nitrogens with zero attached hydrogens (tertiary/aromatic N) is 2. The summed E-state index contributed by atoms with van der Waals surface area (Å²) in [6, 6.07) is 0. The van der Waals surface area contributed by atoms with Gasteiger partial charge in [0.15, 0.2) is 5.13 Å². The molecule has 0 saturated heterocycles. The van der Waals surface area contributed by atoms with E-state index >= 15 is 0 Å². The highest BCUT2D eigenvalue weighted by molar-refractivity contribution is 7.16. The molecular weight excluding hydrogens is 170 g/mol. The quantitative estimate of drug-likeness (QED) is 0.765. The molecule has 0 bridgehead atoms. The molecule has 0 spiro atoms. The van der Waals surface area contributed by atoms with Crippen LogP contribution in [0.3, 0.4) is 0 Å². The maximum absolute atomic E-state index is 5.46. The van der Waals surface area contributed by atoms with Crippen LogP contribution in [0.15, 0.2) is 12.8 Å². The Kier molecular flexibility index (Phi) is 2.83. The van der Waals surface area contributed by atoms with Crippen molar-refractivity contribution in [1.29, 1.82) is 0 Å². The van der Waals surface area contributed by atoms with Gasteiger partial charge in [-0.3, -0.25) is 0 Å². The second-order valence-corrected chi connectivity index (χ2v) is 3.72. The molecule has 1 rings (SSSR count). The van der Waals surface area contributed by atoms with Gasteiger partial charge in [-0.1, -0.05) is 17.9 Å². The Morgan fingerprint density at radius 2 is 2.42 bits per heavy atom. The Labute approximate surface area is 76.5 Å². The highest BCUT2D eigenvalue weighted by Crippen LogP contribution is 2.24. The maximum Gasteiger partial charge on any atom is 0.185 e. The molecule has 0 amide bonds. The predicted octanol–water partition coefficient (Wildman–Crippen LogP) is 1.18. The molecule has 0 unspecified atom stereocenters. The van der Waals surface area contributed by atoms with Gasteiger partial charge in [0.1, 0.15) is 0 Å². The summed E-state index contributed by atoms with van der Waals surface area (Å²) in [6.07, 6.45) is 1.81. The van der Waals surface area contributed by atoms with Gasteiger partial charge in [0, 0.05) is 26.8 Å². The van der Waals surface area contributed by atoms with Crippen molar-refractivity contribution < 1.29 is 0 Å². The van der Waals surface area contributed by atoms with E-state index in [0.717, 1.165) is 15.6 Å². The van der Waals surface area contributed by atoms with E-state index in [1.165, 1.54) is 0 Å². The van der Waals surface area contributed by atoms with E-state index < -0.39 is 0 Å². The first-order valence-corrected chi connectivity index (χ1v) is 4.48. The first kappa shape index (κ1) is 9.22. The minimum atomic E-state index is 0.495. The highest BCUT2D eigenvalue weighted by Gasteiger charge is 2.04. The van der Waals surface area contributed by atoms with Crippen LogP contribution in [0.25, 0.3) is 5.57 Å². The minimum absolute atomic E-state index is 0.495. The molecule has 0 radical (unpaired) electrons. The lowest BCUT2D eigenvalue weighted by Crippen LogP contribution is -2.07. The first-order valence-electron chi connectivity index (χ1n) is 3.66. The second kappa shape index (κ2) is 3.69. The van der Waals surface area contributed by atoms with Crippen LogP contribution in [0.5, 0.6) is 0 Å². The van der Waals surface area contributed by atoms with E-state index in [1.54, 1.807) is 11.3 Å². The van der Waals surface area contributed by atoms with E-state index in [1.807, 2.05) is 25.2 Å². The molecule has 12 heavy (non-hydrogen) atoms. The van der Waals surface area contributed by atoms with E-state index in [9.17, 15) is 0 Å². The summed E-state index contributed by atoms with van der Waals surface area (Å²) in [7, 11) is 3.93. The molecule has 0 aliphatic carbocycles. The zero-order chi connectivity index (χ0) is 9.14. The number of hydrogen-bond acceptors (Lipinski definition) is 4. The number of thiazole rings is 1. The van der Waals surface area contributed by atoms with E-state index in [0.29, 0.717) is 6.54 Å². The fraction of sp³-hybridized carbons (Fsp3) is 0.375. The molecule has 4 heteroatoms. The van der Waals surface area contributed by atoms with Crippen LogP contribution in [0.4, 0.5) is 5.13 Å². The topological polar surface area (TPSA) is 42.1 Å². The Bertz CT molecular complexity index is 278. The molecule has 1 heterocycles. The molecule has 1 aromatic rings. The van der Waals surface area contributed by atoms with Crippen LogP contribution in [0, 0.1) is 0 Å². The van der Waals surface area contributed by atoms with Gasteiger partial charge < -0.3 is 10.6 Å². The summed E-state index contributed by atoms with van der Waals surface area (Å²) < 4.78 is 0. The summed E-state index contributed by atoms with van der Waals surface area (Å²) in [5.41, 5.74) is 6.40. The third-order valence-corrected chi connectivity index (χ3v) is 2.74. The smallest absolute Gasteiger partial charge is 0.185 e. The van der Waals surface area contributed by atoms with Gasteiger partial charge in [-0.2, -0.15) is 0 Å². The lowest BCUT2D eigenvalue weighted by atomic mass is 10.3. The van der Waals surface area contributed by atoms with Crippen molar-refractivity contribution in [3.05, 3.63) is 17.7 Å². The molecule has 0 saturated carbocycles. The van der Waals surface area contributed by atoms with E-state index in [-0.39, 0.29) is 0 Å². The van der Waals surface area contributed by atoms with Crippen LogP contribution in [0.1, 0.15) is 4.88 Å². The summed E-state index contributed by atoms with van der Waals surface area (Å²) in [5.74, 6) is 0.